The summed E-state index contributed by atoms with van der Waals surface area (Å²) >= 11 is 0. The van der Waals surface area contributed by atoms with Gasteiger partial charge in [-0.15, -0.1) is 0 Å². The summed E-state index contributed by atoms with van der Waals surface area (Å²) in [7, 11) is 0. The van der Waals surface area contributed by atoms with E-state index >= 15 is 0 Å². The van der Waals surface area contributed by atoms with Gasteiger partial charge in [0.25, 0.3) is 0 Å². The van der Waals surface area contributed by atoms with Crippen LogP contribution < -0.4 is 17.0 Å². The Balaban J connectivity index is 0.00000392. The van der Waals surface area contributed by atoms with E-state index in [1.165, 1.54) is 0 Å². The number of hydrogen-bond donors (Lipinski definition) is 4. The van der Waals surface area contributed by atoms with E-state index in [4.69, 9.17) is 40.2 Å². The first-order valence-corrected chi connectivity index (χ1v) is 16.6. The number of benzene rings is 1. The number of aromatic nitrogens is 3. The number of anilines is 1. The minimum atomic E-state index is -1.03. The van der Waals surface area contributed by atoms with Crippen molar-refractivity contribution >= 4 is 39.6 Å². The molecule has 0 radical (unpaired) electrons. The van der Waals surface area contributed by atoms with Gasteiger partial charge in [0.15, 0.2) is 5.82 Å². The average molecular weight is 678 g/mol. The third-order valence-corrected chi connectivity index (χ3v) is 6.88. The number of nitrogens with zero attached hydrogens (tertiary/aromatic N) is 4. The number of nitrogen functional groups attached to an aromatic ring is 1. The van der Waals surface area contributed by atoms with Crippen molar-refractivity contribution in [2.24, 2.45) is 5.84 Å². The molecule has 270 valence electrons. The van der Waals surface area contributed by atoms with Crippen molar-refractivity contribution in [3.05, 3.63) is 30.1 Å². The molecular weight excluding hydrogens is 622 g/mol. The standard InChI is InChI=1S/C31H49N7O8.C2H6/c1-4-37(21-25-35-28-29(38(25)22-31(2,3)41)23-7-5-6-8-24(23)34-30(28)32)27(40)10-12-43-14-16-45-18-20-46-19-17-44-15-13-42-11-9-26(39)36-33;1-2/h5-8,41H,4,9-22,33H2,1-3H3,(H2,32,34)(H,36,39);1-2H3. The van der Waals surface area contributed by atoms with Gasteiger partial charge in [-0.3, -0.25) is 15.0 Å². The normalized spacial score (nSPS) is 11.5. The molecule has 3 rings (SSSR count). The molecule has 2 amide bonds. The fourth-order valence-electron chi connectivity index (χ4n) is 4.67. The van der Waals surface area contributed by atoms with Crippen molar-refractivity contribution in [3.63, 3.8) is 0 Å². The van der Waals surface area contributed by atoms with Crippen LogP contribution in [0.5, 0.6) is 0 Å². The Hall–Kier alpha value is -3.44. The number of pyridine rings is 1. The third-order valence-electron chi connectivity index (χ3n) is 6.88. The summed E-state index contributed by atoms with van der Waals surface area (Å²) in [5, 5.41) is 11.6. The molecule has 15 heteroatoms. The lowest BCUT2D eigenvalue weighted by Crippen LogP contribution is -2.34. The number of hydrazine groups is 1. The lowest BCUT2D eigenvalue weighted by atomic mass is 10.1. The van der Waals surface area contributed by atoms with Gasteiger partial charge in [0, 0.05) is 11.9 Å². The highest BCUT2D eigenvalue weighted by molar-refractivity contribution is 6.06. The molecule has 0 atom stereocenters. The first-order chi connectivity index (χ1) is 23.1. The Morgan fingerprint density at radius 2 is 1.40 bits per heavy atom. The number of fused-ring (bicyclic) bond motifs is 3. The molecule has 3 aromatic rings. The SMILES string of the molecule is CC.CCN(Cc1nc2c(N)nc3ccccc3c2n1CC(C)(C)O)C(=O)CCOCCOCCOCCOCCOCCC(=O)NN. The molecule has 6 N–H and O–H groups in total. The van der Waals surface area contributed by atoms with Crippen LogP contribution in [0.4, 0.5) is 5.82 Å². The Bertz CT molecular complexity index is 1380. The smallest absolute Gasteiger partial charge is 0.236 e. The highest BCUT2D eigenvalue weighted by Crippen LogP contribution is 2.30. The average Bonchev–Trinajstić information content (AvgIpc) is 3.42. The molecule has 0 unspecified atom stereocenters. The maximum atomic E-state index is 13.1. The molecule has 0 saturated carbocycles. The molecule has 0 aliphatic carbocycles. The zero-order valence-corrected chi connectivity index (χ0v) is 29.2. The van der Waals surface area contributed by atoms with E-state index < -0.39 is 5.60 Å². The van der Waals surface area contributed by atoms with E-state index in [1.54, 1.807) is 18.7 Å². The first-order valence-electron chi connectivity index (χ1n) is 16.6. The summed E-state index contributed by atoms with van der Waals surface area (Å²) in [6, 6.07) is 7.67. The molecular formula is C33H55N7O8. The second-order valence-corrected chi connectivity index (χ2v) is 11.2. The van der Waals surface area contributed by atoms with Crippen molar-refractivity contribution in [1.29, 1.82) is 0 Å². The summed E-state index contributed by atoms with van der Waals surface area (Å²) in [5.41, 5.74) is 9.39. The van der Waals surface area contributed by atoms with Crippen molar-refractivity contribution in [1.82, 2.24) is 24.9 Å². The topological polar surface area (TPSA) is 199 Å². The number of carbonyl (C=O) groups excluding carboxylic acids is 2. The highest BCUT2D eigenvalue weighted by atomic mass is 16.6. The Morgan fingerprint density at radius 3 is 1.92 bits per heavy atom. The van der Waals surface area contributed by atoms with Crippen LogP contribution in [-0.4, -0.2) is 115 Å². The predicted molar refractivity (Wildman–Crippen MR) is 184 cm³/mol. The maximum absolute atomic E-state index is 13.1. The van der Waals surface area contributed by atoms with Gasteiger partial charge >= 0.3 is 0 Å². The number of carbonyl (C=O) groups is 2. The molecule has 15 nitrogen and oxygen atoms in total. The van der Waals surface area contributed by atoms with Crippen molar-refractivity contribution in [2.45, 2.75) is 66.2 Å². The van der Waals surface area contributed by atoms with Crippen LogP contribution in [0.3, 0.4) is 0 Å². The fraction of sp³-hybridized carbons (Fsp3) is 0.636. The van der Waals surface area contributed by atoms with Gasteiger partial charge in [0.2, 0.25) is 11.8 Å². The fourth-order valence-corrected chi connectivity index (χ4v) is 4.67. The van der Waals surface area contributed by atoms with E-state index in [0.717, 1.165) is 16.4 Å². The van der Waals surface area contributed by atoms with Crippen molar-refractivity contribution in [3.8, 4) is 0 Å². The van der Waals surface area contributed by atoms with Crippen LogP contribution in [0.1, 0.15) is 53.3 Å². The van der Waals surface area contributed by atoms with Gasteiger partial charge in [0.1, 0.15) is 11.3 Å². The molecule has 2 heterocycles. The summed E-state index contributed by atoms with van der Waals surface area (Å²) in [5.74, 6) is 5.58. The van der Waals surface area contributed by atoms with E-state index in [2.05, 4.69) is 4.98 Å². The lowest BCUT2D eigenvalue weighted by molar-refractivity contribution is -0.133. The van der Waals surface area contributed by atoms with Crippen LogP contribution in [0.2, 0.25) is 0 Å². The van der Waals surface area contributed by atoms with Gasteiger partial charge in [-0.25, -0.2) is 15.8 Å². The van der Waals surface area contributed by atoms with E-state index in [-0.39, 0.29) is 44.4 Å². The number of amides is 2. The number of nitrogens with two attached hydrogens (primary N) is 2. The molecule has 48 heavy (non-hydrogen) atoms. The number of nitrogens with one attached hydrogen (secondary N) is 1. The number of aliphatic hydroxyl groups is 1. The molecule has 2 aromatic heterocycles. The Morgan fingerprint density at radius 1 is 0.875 bits per heavy atom. The number of imidazole rings is 1. The second kappa shape index (κ2) is 22.2. The molecule has 0 aliphatic rings. The second-order valence-electron chi connectivity index (χ2n) is 11.2. The van der Waals surface area contributed by atoms with Crippen LogP contribution in [0.15, 0.2) is 24.3 Å². The van der Waals surface area contributed by atoms with Gasteiger partial charge in [0.05, 0.1) is 109 Å². The van der Waals surface area contributed by atoms with Crippen molar-refractivity contribution < 1.29 is 38.4 Å². The molecule has 0 bridgehead atoms. The first kappa shape index (κ1) is 40.7. The highest BCUT2D eigenvalue weighted by Gasteiger charge is 2.24. The van der Waals surface area contributed by atoms with Crippen LogP contribution in [0, 0.1) is 0 Å². The Kier molecular flexibility index (Phi) is 18.9. The van der Waals surface area contributed by atoms with Gasteiger partial charge in [-0.05, 0) is 26.8 Å². The molecule has 0 aliphatic heterocycles. The quantitative estimate of drug-likeness (QED) is 0.0495. The largest absolute Gasteiger partial charge is 0.389 e. The molecule has 0 fully saturated rings. The van der Waals surface area contributed by atoms with Crippen LogP contribution in [0.25, 0.3) is 21.9 Å². The summed E-state index contributed by atoms with van der Waals surface area (Å²) in [6.45, 7) is 14.2. The number of hydrogen-bond acceptors (Lipinski definition) is 12. The number of para-hydroxylation sites is 1. The van der Waals surface area contributed by atoms with Gasteiger partial charge < -0.3 is 44.0 Å². The van der Waals surface area contributed by atoms with Crippen LogP contribution in [-0.2, 0) is 46.4 Å². The van der Waals surface area contributed by atoms with E-state index in [0.29, 0.717) is 83.2 Å². The summed E-state index contributed by atoms with van der Waals surface area (Å²) < 4.78 is 29.2. The van der Waals surface area contributed by atoms with Crippen molar-refractivity contribution in [2.75, 3.05) is 78.3 Å². The maximum Gasteiger partial charge on any atom is 0.236 e. The molecule has 1 aromatic carbocycles. The number of rotatable bonds is 23. The number of ether oxygens (including phenoxy) is 5. The monoisotopic (exact) mass is 677 g/mol. The molecule has 0 spiro atoms. The van der Waals surface area contributed by atoms with E-state index in [1.807, 2.05) is 55.0 Å². The predicted octanol–water partition coefficient (Wildman–Crippen LogP) is 2.17. The summed E-state index contributed by atoms with van der Waals surface area (Å²) in [6.07, 6.45) is 0.424. The summed E-state index contributed by atoms with van der Waals surface area (Å²) in [4.78, 5) is 35.1. The van der Waals surface area contributed by atoms with Crippen LogP contribution >= 0.6 is 0 Å². The van der Waals surface area contributed by atoms with Gasteiger partial charge in [-0.2, -0.15) is 0 Å². The third kappa shape index (κ3) is 14.0. The van der Waals surface area contributed by atoms with Gasteiger partial charge in [-0.1, -0.05) is 32.0 Å². The minimum Gasteiger partial charge on any atom is -0.389 e. The zero-order valence-electron chi connectivity index (χ0n) is 29.2. The lowest BCUT2D eigenvalue weighted by Gasteiger charge is -2.24. The van der Waals surface area contributed by atoms with E-state index in [9.17, 15) is 14.7 Å². The zero-order chi connectivity index (χ0) is 35.4. The Labute approximate surface area is 283 Å². The minimum absolute atomic E-state index is 0.0672. The molecule has 0 saturated heterocycles.